The third kappa shape index (κ3) is 3.96. The lowest BCUT2D eigenvalue weighted by Crippen LogP contribution is -2.61. The third-order valence-electron chi connectivity index (χ3n) is 4.71. The lowest BCUT2D eigenvalue weighted by atomic mass is 9.98. The second-order valence-electron chi connectivity index (χ2n) is 6.16. The Labute approximate surface area is 128 Å². The van der Waals surface area contributed by atoms with E-state index in [1.807, 2.05) is 0 Å². The van der Waals surface area contributed by atoms with Gasteiger partial charge in [0.15, 0.2) is 0 Å². The highest BCUT2D eigenvalue weighted by atomic mass is 16.2. The van der Waals surface area contributed by atoms with Crippen molar-refractivity contribution in [2.45, 2.75) is 64.5 Å². The van der Waals surface area contributed by atoms with E-state index in [4.69, 9.17) is 0 Å². The van der Waals surface area contributed by atoms with Gasteiger partial charge in [0, 0.05) is 19.1 Å². The van der Waals surface area contributed by atoms with Crippen LogP contribution >= 0.6 is 0 Å². The van der Waals surface area contributed by atoms with E-state index in [1.165, 1.54) is 0 Å². The molecule has 2 fully saturated rings. The fraction of sp³-hybridized carbons (Fsp3) is 0.875. The predicted octanol–water partition coefficient (Wildman–Crippen LogP) is 1.38. The lowest BCUT2D eigenvalue weighted by Gasteiger charge is -2.42. The number of piperazine rings is 1. The zero-order valence-corrected chi connectivity index (χ0v) is 13.4. The summed E-state index contributed by atoms with van der Waals surface area (Å²) in [4.78, 5) is 28.2. The fourth-order valence-electron chi connectivity index (χ4n) is 3.49. The third-order valence-corrected chi connectivity index (χ3v) is 4.71. The number of nitrogens with one attached hydrogen (secondary N) is 1. The maximum atomic E-state index is 12.5. The Balaban J connectivity index is 1.83. The second kappa shape index (κ2) is 7.78. The van der Waals surface area contributed by atoms with Crippen molar-refractivity contribution in [3.8, 4) is 0 Å². The standard InChI is InChI=1S/C16H29N3O2/c1-3-13(17-4-2)8-7-10-18-12-15(20)19-11-6-5-9-14(19)16(18)21/h13-14,17H,3-12H2,1-2H3. The Morgan fingerprint density at radius 1 is 1.29 bits per heavy atom. The van der Waals surface area contributed by atoms with Crippen LogP contribution in [0.15, 0.2) is 0 Å². The Kier molecular flexibility index (Phi) is 6.03. The number of piperidine rings is 1. The minimum Gasteiger partial charge on any atom is -0.332 e. The van der Waals surface area contributed by atoms with E-state index < -0.39 is 0 Å². The summed E-state index contributed by atoms with van der Waals surface area (Å²) in [5.41, 5.74) is 0. The van der Waals surface area contributed by atoms with Crippen molar-refractivity contribution in [3.63, 3.8) is 0 Å². The summed E-state index contributed by atoms with van der Waals surface area (Å²) < 4.78 is 0. The zero-order chi connectivity index (χ0) is 15.2. The van der Waals surface area contributed by atoms with E-state index in [0.717, 1.165) is 58.2 Å². The minimum absolute atomic E-state index is 0.137. The fourth-order valence-corrected chi connectivity index (χ4v) is 3.49. The van der Waals surface area contributed by atoms with Crippen molar-refractivity contribution in [1.82, 2.24) is 15.1 Å². The van der Waals surface area contributed by atoms with Crippen molar-refractivity contribution in [3.05, 3.63) is 0 Å². The molecule has 2 saturated heterocycles. The van der Waals surface area contributed by atoms with Crippen LogP contribution in [0.5, 0.6) is 0 Å². The first-order valence-electron chi connectivity index (χ1n) is 8.49. The molecule has 0 aromatic heterocycles. The van der Waals surface area contributed by atoms with E-state index in [-0.39, 0.29) is 24.4 Å². The molecule has 2 atom stereocenters. The predicted molar refractivity (Wildman–Crippen MR) is 82.9 cm³/mol. The molecule has 2 rings (SSSR count). The average molecular weight is 295 g/mol. The lowest BCUT2D eigenvalue weighted by molar-refractivity contribution is -0.157. The summed E-state index contributed by atoms with van der Waals surface area (Å²) in [6.07, 6.45) is 6.09. The van der Waals surface area contributed by atoms with Gasteiger partial charge in [-0.05, 0) is 45.1 Å². The van der Waals surface area contributed by atoms with Gasteiger partial charge in [0.05, 0.1) is 6.54 Å². The molecule has 120 valence electrons. The molecule has 0 aromatic carbocycles. The minimum atomic E-state index is -0.171. The average Bonchev–Trinajstić information content (AvgIpc) is 2.51. The van der Waals surface area contributed by atoms with Crippen LogP contribution in [0.4, 0.5) is 0 Å². The molecule has 0 saturated carbocycles. The number of amides is 2. The molecule has 1 N–H and O–H groups in total. The van der Waals surface area contributed by atoms with Gasteiger partial charge < -0.3 is 15.1 Å². The first-order chi connectivity index (χ1) is 10.2. The van der Waals surface area contributed by atoms with Crippen LogP contribution < -0.4 is 5.32 Å². The molecule has 5 heteroatoms. The second-order valence-corrected chi connectivity index (χ2v) is 6.16. The van der Waals surface area contributed by atoms with Crippen LogP contribution in [-0.2, 0) is 9.59 Å². The zero-order valence-electron chi connectivity index (χ0n) is 13.4. The summed E-state index contributed by atoms with van der Waals surface area (Å²) >= 11 is 0. The topological polar surface area (TPSA) is 52.7 Å². The van der Waals surface area contributed by atoms with Crippen LogP contribution in [0.25, 0.3) is 0 Å². The first kappa shape index (κ1) is 16.3. The molecule has 0 bridgehead atoms. The summed E-state index contributed by atoms with van der Waals surface area (Å²) in [6, 6.07) is 0.354. The molecule has 2 heterocycles. The Morgan fingerprint density at radius 3 is 2.81 bits per heavy atom. The number of hydrogen-bond donors (Lipinski definition) is 1. The number of carbonyl (C=O) groups excluding carboxylic acids is 2. The molecule has 0 radical (unpaired) electrons. The van der Waals surface area contributed by atoms with Crippen LogP contribution in [0.3, 0.4) is 0 Å². The summed E-state index contributed by atoms with van der Waals surface area (Å²) in [6.45, 7) is 7.05. The van der Waals surface area contributed by atoms with Crippen LogP contribution in [-0.4, -0.2) is 59.9 Å². The summed E-state index contributed by atoms with van der Waals surface area (Å²) in [5, 5.41) is 3.46. The Hall–Kier alpha value is -1.10. The highest BCUT2D eigenvalue weighted by Crippen LogP contribution is 2.23. The van der Waals surface area contributed by atoms with Crippen LogP contribution in [0, 0.1) is 0 Å². The van der Waals surface area contributed by atoms with E-state index >= 15 is 0 Å². The van der Waals surface area contributed by atoms with Gasteiger partial charge in [0.2, 0.25) is 11.8 Å². The Bertz CT molecular complexity index is 373. The van der Waals surface area contributed by atoms with E-state index in [0.29, 0.717) is 6.04 Å². The molecule has 5 nitrogen and oxygen atoms in total. The van der Waals surface area contributed by atoms with Crippen molar-refractivity contribution in [2.75, 3.05) is 26.2 Å². The highest BCUT2D eigenvalue weighted by molar-refractivity contribution is 5.95. The Morgan fingerprint density at radius 2 is 2.10 bits per heavy atom. The maximum Gasteiger partial charge on any atom is 0.245 e. The number of carbonyl (C=O) groups is 2. The highest BCUT2D eigenvalue weighted by Gasteiger charge is 2.39. The van der Waals surface area contributed by atoms with E-state index in [2.05, 4.69) is 19.2 Å². The van der Waals surface area contributed by atoms with Crippen LogP contribution in [0.2, 0.25) is 0 Å². The molecule has 0 aromatic rings. The SMILES string of the molecule is CCNC(CC)CCCN1CC(=O)N2CCCCC2C1=O. The van der Waals surface area contributed by atoms with Gasteiger partial charge in [0.25, 0.3) is 0 Å². The normalized spacial score (nSPS) is 24.2. The van der Waals surface area contributed by atoms with E-state index in [9.17, 15) is 9.59 Å². The van der Waals surface area contributed by atoms with Gasteiger partial charge in [-0.25, -0.2) is 0 Å². The molecule has 0 spiro atoms. The molecule has 2 amide bonds. The quantitative estimate of drug-likeness (QED) is 0.772. The van der Waals surface area contributed by atoms with Crippen molar-refractivity contribution in [2.24, 2.45) is 0 Å². The van der Waals surface area contributed by atoms with Gasteiger partial charge >= 0.3 is 0 Å². The number of nitrogens with zero attached hydrogens (tertiary/aromatic N) is 2. The number of hydrogen-bond acceptors (Lipinski definition) is 3. The molecule has 2 aliphatic heterocycles. The van der Waals surface area contributed by atoms with Gasteiger partial charge in [-0.1, -0.05) is 13.8 Å². The molecule has 2 unspecified atom stereocenters. The molecular formula is C16H29N3O2. The molecule has 2 aliphatic rings. The monoisotopic (exact) mass is 295 g/mol. The van der Waals surface area contributed by atoms with Gasteiger partial charge in [0.1, 0.15) is 6.04 Å². The molecule has 21 heavy (non-hydrogen) atoms. The maximum absolute atomic E-state index is 12.5. The van der Waals surface area contributed by atoms with Crippen LogP contribution in [0.1, 0.15) is 52.4 Å². The number of fused-ring (bicyclic) bond motifs is 1. The molecule has 0 aliphatic carbocycles. The van der Waals surface area contributed by atoms with Gasteiger partial charge in [-0.15, -0.1) is 0 Å². The van der Waals surface area contributed by atoms with Crippen molar-refractivity contribution < 1.29 is 9.59 Å². The molecular weight excluding hydrogens is 266 g/mol. The van der Waals surface area contributed by atoms with Crippen molar-refractivity contribution in [1.29, 1.82) is 0 Å². The smallest absolute Gasteiger partial charge is 0.245 e. The summed E-state index contributed by atoms with van der Waals surface area (Å²) in [7, 11) is 0. The van der Waals surface area contributed by atoms with Gasteiger partial charge in [-0.3, -0.25) is 9.59 Å². The first-order valence-corrected chi connectivity index (χ1v) is 8.49. The summed E-state index contributed by atoms with van der Waals surface area (Å²) in [5.74, 6) is 0.309. The van der Waals surface area contributed by atoms with Gasteiger partial charge in [-0.2, -0.15) is 0 Å². The van der Waals surface area contributed by atoms with E-state index in [1.54, 1.807) is 9.80 Å². The number of rotatable bonds is 7. The largest absolute Gasteiger partial charge is 0.332 e. The van der Waals surface area contributed by atoms with Crippen molar-refractivity contribution >= 4 is 11.8 Å².